The van der Waals surface area contributed by atoms with E-state index in [4.69, 9.17) is 0 Å². The summed E-state index contributed by atoms with van der Waals surface area (Å²) in [7, 11) is 0. The second-order valence-corrected chi connectivity index (χ2v) is 9.97. The summed E-state index contributed by atoms with van der Waals surface area (Å²) < 4.78 is 14.0. The summed E-state index contributed by atoms with van der Waals surface area (Å²) in [6, 6.07) is 24.2. The number of amides is 1. The maximum absolute atomic E-state index is 14.0. The Bertz CT molecular complexity index is 1590. The summed E-state index contributed by atoms with van der Waals surface area (Å²) >= 11 is 0. The molecular weight excluding hydrogens is 491 g/mol. The zero-order chi connectivity index (χ0) is 26.8. The molecule has 0 atom stereocenters. The van der Waals surface area contributed by atoms with E-state index in [2.05, 4.69) is 14.9 Å². The molecule has 0 radical (unpaired) electrons. The molecule has 3 heterocycles. The van der Waals surface area contributed by atoms with Crippen molar-refractivity contribution in [1.82, 2.24) is 19.8 Å². The molecule has 39 heavy (non-hydrogen) atoms. The van der Waals surface area contributed by atoms with Gasteiger partial charge in [0.15, 0.2) is 0 Å². The van der Waals surface area contributed by atoms with Gasteiger partial charge in [0, 0.05) is 72.7 Å². The number of halogens is 1. The molecule has 1 aliphatic heterocycles. The molecule has 0 bridgehead atoms. The van der Waals surface area contributed by atoms with E-state index in [1.54, 1.807) is 18.5 Å². The average Bonchev–Trinajstić information content (AvgIpc) is 3.39. The zero-order valence-corrected chi connectivity index (χ0v) is 21.5. The third-order valence-corrected chi connectivity index (χ3v) is 7.44. The number of nitrogens with one attached hydrogen (secondary N) is 1. The van der Waals surface area contributed by atoms with Crippen molar-refractivity contribution in [2.75, 3.05) is 26.2 Å². The molecule has 1 amide bonds. The number of phenols is 1. The number of H-pyrrole nitrogens is 1. The highest BCUT2D eigenvalue weighted by Crippen LogP contribution is 2.38. The molecule has 2 aromatic heterocycles. The molecule has 0 unspecified atom stereocenters. The van der Waals surface area contributed by atoms with Crippen LogP contribution in [0.4, 0.5) is 4.39 Å². The number of nitrogens with zero attached hydrogens (tertiary/aromatic N) is 3. The van der Waals surface area contributed by atoms with E-state index in [-0.39, 0.29) is 17.5 Å². The maximum Gasteiger partial charge on any atom is 0.227 e. The Kier molecular flexibility index (Phi) is 6.82. The molecular formula is C32H29FN4O2. The molecule has 0 spiro atoms. The molecule has 2 N–H and O–H groups in total. The first-order valence-electron chi connectivity index (χ1n) is 13.1. The largest absolute Gasteiger partial charge is 0.507 e. The van der Waals surface area contributed by atoms with E-state index in [9.17, 15) is 14.3 Å². The lowest BCUT2D eigenvalue weighted by Gasteiger charge is -2.35. The van der Waals surface area contributed by atoms with Crippen molar-refractivity contribution in [1.29, 1.82) is 0 Å². The van der Waals surface area contributed by atoms with E-state index in [1.165, 1.54) is 6.07 Å². The number of benzene rings is 3. The minimum atomic E-state index is -0.185. The monoisotopic (exact) mass is 520 g/mol. The molecule has 5 aromatic rings. The highest BCUT2D eigenvalue weighted by atomic mass is 19.1. The molecule has 3 aromatic carbocycles. The van der Waals surface area contributed by atoms with E-state index < -0.39 is 0 Å². The van der Waals surface area contributed by atoms with Gasteiger partial charge in [0.05, 0.1) is 12.1 Å². The predicted octanol–water partition coefficient (Wildman–Crippen LogP) is 5.63. The third-order valence-electron chi connectivity index (χ3n) is 7.44. The van der Waals surface area contributed by atoms with E-state index in [1.807, 2.05) is 71.6 Å². The summed E-state index contributed by atoms with van der Waals surface area (Å²) in [5, 5.41) is 12.1. The zero-order valence-electron chi connectivity index (χ0n) is 21.5. The summed E-state index contributed by atoms with van der Waals surface area (Å²) in [5.74, 6) is 0.107. The molecule has 0 saturated carbocycles. The number of carbonyl (C=O) groups is 1. The number of aromatic hydroxyl groups is 1. The Morgan fingerprint density at radius 3 is 2.46 bits per heavy atom. The van der Waals surface area contributed by atoms with Crippen molar-refractivity contribution in [3.05, 3.63) is 108 Å². The van der Waals surface area contributed by atoms with Gasteiger partial charge < -0.3 is 15.0 Å². The van der Waals surface area contributed by atoms with Crippen LogP contribution in [0.5, 0.6) is 5.75 Å². The van der Waals surface area contributed by atoms with Gasteiger partial charge in [-0.3, -0.25) is 14.7 Å². The van der Waals surface area contributed by atoms with Crippen molar-refractivity contribution in [2.24, 2.45) is 0 Å². The van der Waals surface area contributed by atoms with Crippen molar-refractivity contribution < 1.29 is 14.3 Å². The minimum Gasteiger partial charge on any atom is -0.507 e. The predicted molar refractivity (Wildman–Crippen MR) is 151 cm³/mol. The van der Waals surface area contributed by atoms with Crippen molar-refractivity contribution in [2.45, 2.75) is 13.0 Å². The summed E-state index contributed by atoms with van der Waals surface area (Å²) in [5.41, 5.74) is 5.73. The Morgan fingerprint density at radius 1 is 0.923 bits per heavy atom. The molecule has 6 rings (SSSR count). The maximum atomic E-state index is 14.0. The molecule has 1 fully saturated rings. The van der Waals surface area contributed by atoms with Gasteiger partial charge >= 0.3 is 0 Å². The fraction of sp³-hybridized carbons (Fsp3) is 0.188. The molecule has 7 heteroatoms. The molecule has 1 aliphatic rings. The van der Waals surface area contributed by atoms with Crippen LogP contribution in [0.1, 0.15) is 11.1 Å². The number of phenolic OH excluding ortho intramolecular Hbond substituents is 1. The highest BCUT2D eigenvalue weighted by Gasteiger charge is 2.22. The van der Waals surface area contributed by atoms with Gasteiger partial charge in [0.25, 0.3) is 0 Å². The number of fused-ring (bicyclic) bond motifs is 1. The number of carbonyl (C=O) groups excluding carboxylic acids is 1. The van der Waals surface area contributed by atoms with Crippen LogP contribution in [0, 0.1) is 5.82 Å². The molecule has 196 valence electrons. The first-order chi connectivity index (χ1) is 19.0. The number of aromatic nitrogens is 2. The van der Waals surface area contributed by atoms with Crippen LogP contribution in [0.25, 0.3) is 33.3 Å². The molecule has 0 aliphatic carbocycles. The van der Waals surface area contributed by atoms with E-state index >= 15 is 0 Å². The lowest BCUT2D eigenvalue weighted by Crippen LogP contribution is -2.48. The van der Waals surface area contributed by atoms with Crippen LogP contribution in [-0.4, -0.2) is 57.0 Å². The van der Waals surface area contributed by atoms with Gasteiger partial charge in [-0.1, -0.05) is 54.6 Å². The fourth-order valence-corrected chi connectivity index (χ4v) is 5.22. The summed E-state index contributed by atoms with van der Waals surface area (Å²) in [4.78, 5) is 24.6. The number of para-hydroxylation sites is 1. The standard InChI is InChI=1S/C32H29FN4O2/c33-28-7-2-1-4-24(28)21-36-14-16-37(17-15-36)31(38)18-22-8-10-23(11-9-22)26-5-3-6-27(32(26)39)30-19-25-20-34-13-12-29(25)35-30/h1-13,19-20,35,39H,14-18,21H2. The number of rotatable bonds is 6. The van der Waals surface area contributed by atoms with Crippen molar-refractivity contribution in [3.8, 4) is 28.1 Å². The first-order valence-corrected chi connectivity index (χ1v) is 13.1. The van der Waals surface area contributed by atoms with Crippen molar-refractivity contribution in [3.63, 3.8) is 0 Å². The number of hydrogen-bond donors (Lipinski definition) is 2. The second kappa shape index (κ2) is 10.7. The van der Waals surface area contributed by atoms with Gasteiger partial charge in [-0.15, -0.1) is 0 Å². The first kappa shape index (κ1) is 24.8. The van der Waals surface area contributed by atoms with Gasteiger partial charge in [-0.05, 0) is 35.4 Å². The number of hydrogen-bond acceptors (Lipinski definition) is 4. The van der Waals surface area contributed by atoms with Gasteiger partial charge in [0.1, 0.15) is 11.6 Å². The van der Waals surface area contributed by atoms with Gasteiger partial charge in [0.2, 0.25) is 5.91 Å². The minimum absolute atomic E-state index is 0.0893. The van der Waals surface area contributed by atoms with Crippen LogP contribution >= 0.6 is 0 Å². The summed E-state index contributed by atoms with van der Waals surface area (Å²) in [6.07, 6.45) is 3.85. The van der Waals surface area contributed by atoms with Crippen LogP contribution in [0.2, 0.25) is 0 Å². The van der Waals surface area contributed by atoms with Gasteiger partial charge in [-0.2, -0.15) is 0 Å². The van der Waals surface area contributed by atoms with Crippen LogP contribution in [0.3, 0.4) is 0 Å². The van der Waals surface area contributed by atoms with Crippen LogP contribution < -0.4 is 0 Å². The average molecular weight is 521 g/mol. The van der Waals surface area contributed by atoms with Gasteiger partial charge in [-0.25, -0.2) is 4.39 Å². The van der Waals surface area contributed by atoms with Crippen LogP contribution in [0.15, 0.2) is 91.3 Å². The second-order valence-electron chi connectivity index (χ2n) is 9.97. The number of piperazine rings is 1. The topological polar surface area (TPSA) is 72.5 Å². The number of pyridine rings is 1. The Hall–Kier alpha value is -4.49. The van der Waals surface area contributed by atoms with E-state index in [0.717, 1.165) is 51.9 Å². The molecule has 1 saturated heterocycles. The Balaban J connectivity index is 1.10. The normalized spacial score (nSPS) is 14.1. The quantitative estimate of drug-likeness (QED) is 0.305. The third kappa shape index (κ3) is 5.26. The SMILES string of the molecule is O=C(Cc1ccc(-c2cccc(-c3cc4cnccc4[nH]3)c2O)cc1)N1CCN(Cc2ccccc2F)CC1. The summed E-state index contributed by atoms with van der Waals surface area (Å²) in [6.45, 7) is 3.27. The fourth-order valence-electron chi connectivity index (χ4n) is 5.22. The Labute approximate surface area is 226 Å². The van der Waals surface area contributed by atoms with Crippen LogP contribution in [-0.2, 0) is 17.8 Å². The molecule has 6 nitrogen and oxygen atoms in total. The van der Waals surface area contributed by atoms with E-state index in [0.29, 0.717) is 31.6 Å². The van der Waals surface area contributed by atoms with Crippen molar-refractivity contribution >= 4 is 16.8 Å². The lowest BCUT2D eigenvalue weighted by molar-refractivity contribution is -0.132. The smallest absolute Gasteiger partial charge is 0.227 e. The Morgan fingerprint density at radius 2 is 1.69 bits per heavy atom. The number of aromatic amines is 1. The lowest BCUT2D eigenvalue weighted by atomic mass is 9.98. The highest BCUT2D eigenvalue weighted by molar-refractivity contribution is 5.89.